The van der Waals surface area contributed by atoms with E-state index in [1.165, 1.54) is 0 Å². The lowest BCUT2D eigenvalue weighted by Gasteiger charge is -1.99. The number of aliphatic hydroxyl groups excluding tert-OH is 1. The summed E-state index contributed by atoms with van der Waals surface area (Å²) < 4.78 is 0. The Kier molecular flexibility index (Phi) is 4.52. The average Bonchev–Trinajstić information content (AvgIpc) is 2.87. The zero-order valence-electron chi connectivity index (χ0n) is 13.3. The molecule has 0 heterocycles. The molecule has 24 heavy (non-hydrogen) atoms. The SMILES string of the molecule is CC(=N/C=C/C=C/c1ccccc1)C1=C(O)c2ccccc2C1=O. The normalized spacial score (nSPS) is 14.9. The number of carbonyl (C=O) groups excluding carboxylic acids is 1. The summed E-state index contributed by atoms with van der Waals surface area (Å²) in [5.41, 5.74) is 2.96. The number of aliphatic imine (C=N–C) groups is 1. The Morgan fingerprint density at radius 3 is 2.33 bits per heavy atom. The first kappa shape index (κ1) is 15.7. The number of fused-ring (bicyclic) bond motifs is 1. The number of Topliss-reactive ketones (excluding diaryl/α,β-unsaturated/α-hetero) is 1. The standard InChI is InChI=1S/C21H17NO2/c1-15(22-14-8-7-11-16-9-3-2-4-10-16)19-20(23)17-12-5-6-13-18(17)21(19)24/h2-14,23H,1H3/b11-7+,14-8+,22-15?. The molecule has 0 fully saturated rings. The molecule has 0 bridgehead atoms. The van der Waals surface area contributed by atoms with Crippen molar-refractivity contribution in [3.63, 3.8) is 0 Å². The van der Waals surface area contributed by atoms with Gasteiger partial charge in [0.1, 0.15) is 5.76 Å². The summed E-state index contributed by atoms with van der Waals surface area (Å²) >= 11 is 0. The van der Waals surface area contributed by atoms with Crippen LogP contribution in [-0.2, 0) is 0 Å². The Morgan fingerprint density at radius 1 is 0.958 bits per heavy atom. The van der Waals surface area contributed by atoms with Crippen molar-refractivity contribution < 1.29 is 9.90 Å². The van der Waals surface area contributed by atoms with Gasteiger partial charge in [0.05, 0.1) is 11.3 Å². The van der Waals surface area contributed by atoms with Crippen molar-refractivity contribution in [2.75, 3.05) is 0 Å². The minimum atomic E-state index is -0.183. The van der Waals surface area contributed by atoms with E-state index in [1.807, 2.05) is 42.5 Å². The van der Waals surface area contributed by atoms with Crippen LogP contribution < -0.4 is 0 Å². The zero-order chi connectivity index (χ0) is 16.9. The van der Waals surface area contributed by atoms with Crippen LogP contribution in [0.25, 0.3) is 11.8 Å². The number of nitrogens with zero attached hydrogens (tertiary/aromatic N) is 1. The predicted molar refractivity (Wildman–Crippen MR) is 98.0 cm³/mol. The molecule has 1 N–H and O–H groups in total. The third kappa shape index (κ3) is 3.10. The van der Waals surface area contributed by atoms with E-state index in [2.05, 4.69) is 4.99 Å². The van der Waals surface area contributed by atoms with Gasteiger partial charge in [-0.1, -0.05) is 66.7 Å². The molecular formula is C21H17NO2. The lowest BCUT2D eigenvalue weighted by atomic mass is 10.1. The average molecular weight is 315 g/mol. The summed E-state index contributed by atoms with van der Waals surface area (Å²) in [5.74, 6) is -0.178. The Labute approximate surface area is 141 Å². The highest BCUT2D eigenvalue weighted by molar-refractivity contribution is 6.35. The molecule has 2 aromatic rings. The van der Waals surface area contributed by atoms with E-state index in [-0.39, 0.29) is 17.1 Å². The zero-order valence-corrected chi connectivity index (χ0v) is 13.3. The number of allylic oxidation sites excluding steroid dienone is 3. The fourth-order valence-corrected chi connectivity index (χ4v) is 2.60. The fourth-order valence-electron chi connectivity index (χ4n) is 2.60. The van der Waals surface area contributed by atoms with Gasteiger partial charge < -0.3 is 5.11 Å². The summed E-state index contributed by atoms with van der Waals surface area (Å²) in [6.45, 7) is 1.72. The number of hydrogen-bond acceptors (Lipinski definition) is 3. The Balaban J connectivity index is 1.75. The van der Waals surface area contributed by atoms with Crippen molar-refractivity contribution in [3.05, 3.63) is 95.2 Å². The Morgan fingerprint density at radius 2 is 1.62 bits per heavy atom. The van der Waals surface area contributed by atoms with Gasteiger partial charge in [-0.3, -0.25) is 9.79 Å². The molecule has 0 unspecified atom stereocenters. The second kappa shape index (κ2) is 6.92. The van der Waals surface area contributed by atoms with Crippen LogP contribution in [0.3, 0.4) is 0 Å². The summed E-state index contributed by atoms with van der Waals surface area (Å²) in [6, 6.07) is 17.0. The van der Waals surface area contributed by atoms with Crippen molar-refractivity contribution >= 4 is 23.3 Å². The summed E-state index contributed by atoms with van der Waals surface area (Å²) in [7, 11) is 0. The first-order valence-electron chi connectivity index (χ1n) is 7.69. The van der Waals surface area contributed by atoms with Crippen LogP contribution in [0, 0.1) is 0 Å². The van der Waals surface area contributed by atoms with E-state index in [0.717, 1.165) is 5.56 Å². The van der Waals surface area contributed by atoms with Gasteiger partial charge in [-0.25, -0.2) is 0 Å². The van der Waals surface area contributed by atoms with Crippen LogP contribution in [0.1, 0.15) is 28.4 Å². The molecule has 0 aromatic heterocycles. The number of carbonyl (C=O) groups is 1. The number of ketones is 1. The van der Waals surface area contributed by atoms with Crippen LogP contribution in [0.5, 0.6) is 0 Å². The van der Waals surface area contributed by atoms with E-state index < -0.39 is 0 Å². The van der Waals surface area contributed by atoms with Gasteiger partial charge in [0.25, 0.3) is 0 Å². The predicted octanol–water partition coefficient (Wildman–Crippen LogP) is 4.84. The van der Waals surface area contributed by atoms with E-state index in [0.29, 0.717) is 16.8 Å². The molecule has 3 nitrogen and oxygen atoms in total. The molecule has 1 aliphatic carbocycles. The molecule has 3 heteroatoms. The van der Waals surface area contributed by atoms with Gasteiger partial charge in [-0.2, -0.15) is 0 Å². The van der Waals surface area contributed by atoms with Crippen molar-refractivity contribution in [1.29, 1.82) is 0 Å². The molecule has 0 saturated carbocycles. The highest BCUT2D eigenvalue weighted by Crippen LogP contribution is 2.31. The van der Waals surface area contributed by atoms with Gasteiger partial charge in [-0.05, 0) is 18.6 Å². The lowest BCUT2D eigenvalue weighted by Crippen LogP contribution is -2.07. The molecule has 0 spiro atoms. The van der Waals surface area contributed by atoms with Crippen molar-refractivity contribution in [1.82, 2.24) is 0 Å². The molecule has 0 atom stereocenters. The largest absolute Gasteiger partial charge is 0.506 e. The third-order valence-corrected chi connectivity index (χ3v) is 3.81. The van der Waals surface area contributed by atoms with Crippen LogP contribution in [0.15, 0.2) is 83.5 Å². The van der Waals surface area contributed by atoms with Gasteiger partial charge in [0, 0.05) is 17.3 Å². The molecular weight excluding hydrogens is 298 g/mol. The number of benzene rings is 2. The maximum Gasteiger partial charge on any atom is 0.199 e. The molecule has 1 aliphatic rings. The highest BCUT2D eigenvalue weighted by atomic mass is 16.3. The lowest BCUT2D eigenvalue weighted by molar-refractivity contribution is 0.104. The van der Waals surface area contributed by atoms with E-state index in [4.69, 9.17) is 0 Å². The quantitative estimate of drug-likeness (QED) is 0.648. The van der Waals surface area contributed by atoms with Gasteiger partial charge in [0.15, 0.2) is 5.78 Å². The van der Waals surface area contributed by atoms with Crippen LogP contribution in [-0.4, -0.2) is 16.6 Å². The van der Waals surface area contributed by atoms with Crippen LogP contribution in [0.2, 0.25) is 0 Å². The van der Waals surface area contributed by atoms with E-state index in [9.17, 15) is 9.90 Å². The van der Waals surface area contributed by atoms with Crippen LogP contribution in [0.4, 0.5) is 0 Å². The van der Waals surface area contributed by atoms with Crippen LogP contribution >= 0.6 is 0 Å². The Bertz CT molecular complexity index is 887. The van der Waals surface area contributed by atoms with Crippen molar-refractivity contribution in [2.24, 2.45) is 4.99 Å². The summed E-state index contributed by atoms with van der Waals surface area (Å²) in [6.07, 6.45) is 7.26. The minimum absolute atomic E-state index is 0.00470. The van der Waals surface area contributed by atoms with Gasteiger partial charge in [0.2, 0.25) is 0 Å². The molecule has 0 amide bonds. The van der Waals surface area contributed by atoms with E-state index >= 15 is 0 Å². The minimum Gasteiger partial charge on any atom is -0.506 e. The monoisotopic (exact) mass is 315 g/mol. The molecule has 0 radical (unpaired) electrons. The van der Waals surface area contributed by atoms with Gasteiger partial charge in [-0.15, -0.1) is 0 Å². The topological polar surface area (TPSA) is 49.7 Å². The Hall–Kier alpha value is -3.20. The number of hydrogen-bond donors (Lipinski definition) is 1. The first-order valence-corrected chi connectivity index (χ1v) is 7.69. The van der Waals surface area contributed by atoms with Gasteiger partial charge >= 0.3 is 0 Å². The van der Waals surface area contributed by atoms with Crippen molar-refractivity contribution in [2.45, 2.75) is 6.92 Å². The summed E-state index contributed by atoms with van der Waals surface area (Å²) in [4.78, 5) is 16.7. The highest BCUT2D eigenvalue weighted by Gasteiger charge is 2.30. The number of rotatable bonds is 4. The molecule has 3 rings (SSSR count). The second-order valence-electron chi connectivity index (χ2n) is 5.42. The third-order valence-electron chi connectivity index (χ3n) is 3.81. The molecule has 0 aliphatic heterocycles. The first-order chi connectivity index (χ1) is 11.7. The fraction of sp³-hybridized carbons (Fsp3) is 0.0476. The smallest absolute Gasteiger partial charge is 0.199 e. The molecule has 2 aromatic carbocycles. The van der Waals surface area contributed by atoms with Crippen molar-refractivity contribution in [3.8, 4) is 0 Å². The van der Waals surface area contributed by atoms with E-state index in [1.54, 1.807) is 43.5 Å². The second-order valence-corrected chi connectivity index (χ2v) is 5.42. The number of aliphatic hydroxyl groups is 1. The molecule has 0 saturated heterocycles. The molecule has 118 valence electrons. The maximum atomic E-state index is 12.4. The maximum absolute atomic E-state index is 12.4. The summed E-state index contributed by atoms with van der Waals surface area (Å²) in [5, 5.41) is 10.3.